The third-order valence-corrected chi connectivity index (χ3v) is 3.16. The average Bonchev–Trinajstić information content (AvgIpc) is 2.97. The van der Waals surface area contributed by atoms with Crippen LogP contribution in [-0.4, -0.2) is 34.6 Å². The third kappa shape index (κ3) is 2.31. The Kier molecular flexibility index (Phi) is 3.27. The standard InChI is InChI=1S/C15H13N3O3/c1-20-13-7-10(15(19)21-2)3-4-11(13)12-9-18-6-5-16-8-14(18)17-12/h3-9H,1-2H3. The maximum atomic E-state index is 11.6. The van der Waals surface area contributed by atoms with Crippen molar-refractivity contribution < 1.29 is 14.3 Å². The molecule has 0 radical (unpaired) electrons. The summed E-state index contributed by atoms with van der Waals surface area (Å²) in [6, 6.07) is 5.12. The van der Waals surface area contributed by atoms with Gasteiger partial charge in [0.25, 0.3) is 0 Å². The predicted octanol–water partition coefficient (Wildman–Crippen LogP) is 2.19. The molecule has 3 aromatic rings. The van der Waals surface area contributed by atoms with Gasteiger partial charge >= 0.3 is 5.97 Å². The van der Waals surface area contributed by atoms with E-state index in [9.17, 15) is 4.79 Å². The molecule has 0 unspecified atom stereocenters. The average molecular weight is 283 g/mol. The SMILES string of the molecule is COC(=O)c1ccc(-c2cn3ccncc3n2)c(OC)c1. The summed E-state index contributed by atoms with van der Waals surface area (Å²) in [4.78, 5) is 20.1. The quantitative estimate of drug-likeness (QED) is 0.689. The van der Waals surface area contributed by atoms with E-state index in [2.05, 4.69) is 9.97 Å². The molecule has 0 spiro atoms. The van der Waals surface area contributed by atoms with Crippen LogP contribution >= 0.6 is 0 Å². The van der Waals surface area contributed by atoms with E-state index in [1.165, 1.54) is 7.11 Å². The van der Waals surface area contributed by atoms with Crippen molar-refractivity contribution in [2.24, 2.45) is 0 Å². The minimum Gasteiger partial charge on any atom is -0.496 e. The zero-order valence-corrected chi connectivity index (χ0v) is 11.6. The smallest absolute Gasteiger partial charge is 0.337 e. The van der Waals surface area contributed by atoms with Gasteiger partial charge in [-0.3, -0.25) is 4.98 Å². The zero-order chi connectivity index (χ0) is 14.8. The summed E-state index contributed by atoms with van der Waals surface area (Å²) in [5.41, 5.74) is 2.72. The van der Waals surface area contributed by atoms with Crippen molar-refractivity contribution >= 4 is 11.6 Å². The molecule has 6 heteroatoms. The van der Waals surface area contributed by atoms with Gasteiger partial charge in [0.15, 0.2) is 5.65 Å². The molecule has 2 heterocycles. The van der Waals surface area contributed by atoms with Crippen molar-refractivity contribution in [2.45, 2.75) is 0 Å². The van der Waals surface area contributed by atoms with Crippen molar-refractivity contribution in [3.63, 3.8) is 0 Å². The molecule has 0 aliphatic heterocycles. The molecule has 106 valence electrons. The number of benzene rings is 1. The van der Waals surface area contributed by atoms with Crippen molar-refractivity contribution in [3.8, 4) is 17.0 Å². The molecule has 0 N–H and O–H groups in total. The second-order valence-electron chi connectivity index (χ2n) is 4.37. The number of hydrogen-bond acceptors (Lipinski definition) is 5. The number of ether oxygens (including phenoxy) is 2. The van der Waals surface area contributed by atoms with E-state index in [1.54, 1.807) is 37.7 Å². The fourth-order valence-corrected chi connectivity index (χ4v) is 2.12. The van der Waals surface area contributed by atoms with E-state index >= 15 is 0 Å². The van der Waals surface area contributed by atoms with E-state index in [0.29, 0.717) is 11.3 Å². The van der Waals surface area contributed by atoms with Crippen LogP contribution in [0.5, 0.6) is 5.75 Å². The minimum absolute atomic E-state index is 0.404. The molecule has 0 aliphatic carbocycles. The molecular formula is C15H13N3O3. The Balaban J connectivity index is 2.10. The highest BCUT2D eigenvalue weighted by atomic mass is 16.5. The lowest BCUT2D eigenvalue weighted by molar-refractivity contribution is 0.0600. The van der Waals surface area contributed by atoms with Gasteiger partial charge in [-0.05, 0) is 18.2 Å². The number of imidazole rings is 1. The van der Waals surface area contributed by atoms with Crippen LogP contribution in [0.25, 0.3) is 16.9 Å². The number of carbonyl (C=O) groups excluding carboxylic acids is 1. The Morgan fingerprint density at radius 3 is 2.86 bits per heavy atom. The van der Waals surface area contributed by atoms with Crippen LogP contribution in [0.4, 0.5) is 0 Å². The summed E-state index contributed by atoms with van der Waals surface area (Å²) >= 11 is 0. The van der Waals surface area contributed by atoms with Crippen LogP contribution in [0.3, 0.4) is 0 Å². The molecule has 0 saturated carbocycles. The number of aromatic nitrogens is 3. The van der Waals surface area contributed by atoms with Gasteiger partial charge in [-0.1, -0.05) is 0 Å². The summed E-state index contributed by atoms with van der Waals surface area (Å²) in [6.45, 7) is 0. The van der Waals surface area contributed by atoms with Gasteiger partial charge in [0, 0.05) is 24.2 Å². The monoisotopic (exact) mass is 283 g/mol. The molecule has 0 aliphatic rings. The Bertz CT molecular complexity index is 778. The maximum absolute atomic E-state index is 11.6. The Labute approximate surface area is 121 Å². The summed E-state index contributed by atoms with van der Waals surface area (Å²) in [5.74, 6) is 0.160. The normalized spacial score (nSPS) is 10.6. The lowest BCUT2D eigenvalue weighted by Crippen LogP contribution is -2.02. The van der Waals surface area contributed by atoms with Crippen molar-refractivity contribution in [1.29, 1.82) is 0 Å². The maximum Gasteiger partial charge on any atom is 0.337 e. The van der Waals surface area contributed by atoms with Gasteiger partial charge in [-0.15, -0.1) is 0 Å². The van der Waals surface area contributed by atoms with Gasteiger partial charge in [0.1, 0.15) is 5.75 Å². The van der Waals surface area contributed by atoms with Crippen molar-refractivity contribution in [3.05, 3.63) is 48.5 Å². The topological polar surface area (TPSA) is 65.7 Å². The first-order valence-electron chi connectivity index (χ1n) is 6.28. The van der Waals surface area contributed by atoms with Gasteiger partial charge in [0.2, 0.25) is 0 Å². The number of nitrogens with zero attached hydrogens (tertiary/aromatic N) is 3. The van der Waals surface area contributed by atoms with E-state index < -0.39 is 5.97 Å². The highest BCUT2D eigenvalue weighted by Crippen LogP contribution is 2.30. The molecule has 6 nitrogen and oxygen atoms in total. The van der Waals surface area contributed by atoms with Crippen LogP contribution in [0.2, 0.25) is 0 Å². The third-order valence-electron chi connectivity index (χ3n) is 3.16. The van der Waals surface area contributed by atoms with E-state index in [-0.39, 0.29) is 0 Å². The molecule has 0 bridgehead atoms. The first-order chi connectivity index (χ1) is 10.2. The lowest BCUT2D eigenvalue weighted by atomic mass is 10.1. The highest BCUT2D eigenvalue weighted by Gasteiger charge is 2.14. The van der Waals surface area contributed by atoms with Gasteiger partial charge in [-0.2, -0.15) is 0 Å². The Morgan fingerprint density at radius 1 is 1.29 bits per heavy atom. The second kappa shape index (κ2) is 5.24. The van der Waals surface area contributed by atoms with Crippen molar-refractivity contribution in [1.82, 2.24) is 14.4 Å². The molecule has 1 aromatic carbocycles. The number of rotatable bonds is 3. The molecule has 0 atom stereocenters. The van der Waals surface area contributed by atoms with Gasteiger partial charge in [-0.25, -0.2) is 9.78 Å². The Hall–Kier alpha value is -2.89. The van der Waals surface area contributed by atoms with Gasteiger partial charge < -0.3 is 13.9 Å². The van der Waals surface area contributed by atoms with Crippen molar-refractivity contribution in [2.75, 3.05) is 14.2 Å². The summed E-state index contributed by atoms with van der Waals surface area (Å²) in [5, 5.41) is 0. The van der Waals surface area contributed by atoms with Crippen LogP contribution in [-0.2, 0) is 4.74 Å². The number of hydrogen-bond donors (Lipinski definition) is 0. The fraction of sp³-hybridized carbons (Fsp3) is 0.133. The first kappa shape index (κ1) is 13.1. The van der Waals surface area contributed by atoms with Crippen LogP contribution in [0.15, 0.2) is 43.0 Å². The number of esters is 1. The molecule has 21 heavy (non-hydrogen) atoms. The molecule has 2 aromatic heterocycles. The van der Waals surface area contributed by atoms with E-state index in [4.69, 9.17) is 9.47 Å². The summed E-state index contributed by atoms with van der Waals surface area (Å²) < 4.78 is 11.9. The van der Waals surface area contributed by atoms with E-state index in [0.717, 1.165) is 16.9 Å². The summed E-state index contributed by atoms with van der Waals surface area (Å²) in [6.07, 6.45) is 7.07. The van der Waals surface area contributed by atoms with Crippen LogP contribution in [0, 0.1) is 0 Å². The fourth-order valence-electron chi connectivity index (χ4n) is 2.12. The molecule has 0 fully saturated rings. The van der Waals surface area contributed by atoms with Gasteiger partial charge in [0.05, 0.1) is 31.7 Å². The molecular weight excluding hydrogens is 270 g/mol. The minimum atomic E-state index is -0.404. The first-order valence-corrected chi connectivity index (χ1v) is 6.28. The lowest BCUT2D eigenvalue weighted by Gasteiger charge is -2.08. The zero-order valence-electron chi connectivity index (χ0n) is 11.6. The summed E-state index contributed by atoms with van der Waals surface area (Å²) in [7, 11) is 2.90. The van der Waals surface area contributed by atoms with E-state index in [1.807, 2.05) is 16.8 Å². The highest BCUT2D eigenvalue weighted by molar-refractivity contribution is 5.91. The number of carbonyl (C=O) groups is 1. The molecule has 3 rings (SSSR count). The molecule has 0 saturated heterocycles. The predicted molar refractivity (Wildman–Crippen MR) is 76.3 cm³/mol. The molecule has 0 amide bonds. The number of fused-ring (bicyclic) bond motifs is 1. The Morgan fingerprint density at radius 2 is 2.14 bits per heavy atom. The van der Waals surface area contributed by atoms with Crippen LogP contribution in [0.1, 0.15) is 10.4 Å². The second-order valence-corrected chi connectivity index (χ2v) is 4.37. The number of methoxy groups -OCH3 is 2. The largest absolute Gasteiger partial charge is 0.496 e. The van der Waals surface area contributed by atoms with Crippen LogP contribution < -0.4 is 4.74 Å².